The molecule has 0 aliphatic rings. The van der Waals surface area contributed by atoms with Crippen LogP contribution in [0.15, 0.2) is 45.9 Å². The molecule has 0 spiro atoms. The molecule has 24 heavy (non-hydrogen) atoms. The number of nitrogens with zero attached hydrogens (tertiary/aromatic N) is 2. The van der Waals surface area contributed by atoms with Crippen LogP contribution in [-0.4, -0.2) is 18.7 Å². The van der Waals surface area contributed by atoms with Crippen LogP contribution in [0.2, 0.25) is 0 Å². The molecule has 2 aromatic carbocycles. The highest BCUT2D eigenvalue weighted by Gasteiger charge is 2.33. The van der Waals surface area contributed by atoms with E-state index in [0.717, 1.165) is 12.1 Å². The van der Waals surface area contributed by atoms with Gasteiger partial charge in [-0.2, -0.15) is 13.2 Å². The van der Waals surface area contributed by atoms with E-state index < -0.39 is 21.8 Å². The Kier molecular flexibility index (Phi) is 3.71. The predicted molar refractivity (Wildman–Crippen MR) is 78.8 cm³/mol. The zero-order valence-corrected chi connectivity index (χ0v) is 12.9. The second-order valence-electron chi connectivity index (χ2n) is 4.97. The zero-order valence-electron chi connectivity index (χ0n) is 12.1. The van der Waals surface area contributed by atoms with Crippen LogP contribution in [0.3, 0.4) is 0 Å². The van der Waals surface area contributed by atoms with Crippen LogP contribution in [0.25, 0.3) is 11.0 Å². The number of anilines is 1. The number of hydrogen-bond acceptors (Lipinski definition) is 5. The van der Waals surface area contributed by atoms with Gasteiger partial charge >= 0.3 is 6.18 Å². The molecule has 1 heterocycles. The highest BCUT2D eigenvalue weighted by atomic mass is 32.2. The van der Waals surface area contributed by atoms with Gasteiger partial charge in [0.15, 0.2) is 5.52 Å². The third-order valence-electron chi connectivity index (χ3n) is 3.42. The molecule has 0 saturated carbocycles. The quantitative estimate of drug-likeness (QED) is 0.777. The first-order chi connectivity index (χ1) is 11.2. The van der Waals surface area contributed by atoms with Gasteiger partial charge in [-0.05, 0) is 47.1 Å². The van der Waals surface area contributed by atoms with E-state index >= 15 is 0 Å². The Labute approximate surface area is 134 Å². The van der Waals surface area contributed by atoms with E-state index in [4.69, 9.17) is 0 Å². The van der Waals surface area contributed by atoms with Crippen molar-refractivity contribution in [2.75, 3.05) is 4.72 Å². The maximum atomic E-state index is 12.9. The van der Waals surface area contributed by atoms with E-state index in [1.54, 1.807) is 0 Å². The van der Waals surface area contributed by atoms with Crippen LogP contribution in [0.5, 0.6) is 0 Å². The maximum Gasteiger partial charge on any atom is 0.416 e. The summed E-state index contributed by atoms with van der Waals surface area (Å²) in [6.07, 6.45) is -4.58. The number of rotatable bonds is 3. The molecule has 0 unspecified atom stereocenters. The molecule has 0 radical (unpaired) electrons. The summed E-state index contributed by atoms with van der Waals surface area (Å²) in [5.41, 5.74) is -1.09. The second kappa shape index (κ2) is 5.48. The van der Waals surface area contributed by atoms with Crippen molar-refractivity contribution in [2.24, 2.45) is 0 Å². The summed E-state index contributed by atoms with van der Waals surface area (Å²) in [6, 6.07) is 7.46. The number of hydrogen-bond donors (Lipinski definition) is 1. The van der Waals surface area contributed by atoms with E-state index in [9.17, 15) is 21.6 Å². The summed E-state index contributed by atoms with van der Waals surface area (Å²) < 4.78 is 70.5. The molecule has 0 amide bonds. The Morgan fingerprint density at radius 2 is 1.79 bits per heavy atom. The van der Waals surface area contributed by atoms with E-state index in [0.29, 0.717) is 0 Å². The zero-order chi connectivity index (χ0) is 17.5. The molecule has 0 saturated heterocycles. The minimum absolute atomic E-state index is 0.00497. The highest BCUT2D eigenvalue weighted by Crippen LogP contribution is 2.35. The van der Waals surface area contributed by atoms with E-state index in [1.165, 1.54) is 31.2 Å². The third-order valence-corrected chi connectivity index (χ3v) is 4.82. The lowest BCUT2D eigenvalue weighted by molar-refractivity contribution is -0.138. The van der Waals surface area contributed by atoms with E-state index in [2.05, 4.69) is 19.7 Å². The standard InChI is InChI=1S/C14H10F3N3O3S/c1-8-9(14(15,16)17)4-2-5-10(8)20-24(21,22)12-7-3-6-11-13(12)19-23-18-11/h2-7,20H,1H3. The molecule has 3 rings (SSSR count). The summed E-state index contributed by atoms with van der Waals surface area (Å²) in [5, 5.41) is 7.06. The Morgan fingerprint density at radius 1 is 1.08 bits per heavy atom. The summed E-state index contributed by atoms with van der Waals surface area (Å²) in [5.74, 6) is 0. The van der Waals surface area contributed by atoms with Gasteiger partial charge in [0, 0.05) is 0 Å². The third kappa shape index (κ3) is 2.80. The van der Waals surface area contributed by atoms with E-state index in [1.807, 2.05) is 0 Å². The predicted octanol–water partition coefficient (Wildman–Crippen LogP) is 3.35. The van der Waals surface area contributed by atoms with Gasteiger partial charge in [-0.25, -0.2) is 13.0 Å². The largest absolute Gasteiger partial charge is 0.416 e. The van der Waals surface area contributed by atoms with Crippen molar-refractivity contribution in [3.05, 3.63) is 47.5 Å². The molecular formula is C14H10F3N3O3S. The summed E-state index contributed by atoms with van der Waals surface area (Å²) in [6.45, 7) is 1.19. The Bertz CT molecular complexity index is 1010. The molecule has 0 bridgehead atoms. The van der Waals surface area contributed by atoms with Crippen molar-refractivity contribution in [3.63, 3.8) is 0 Å². The first-order valence-electron chi connectivity index (χ1n) is 6.61. The maximum absolute atomic E-state index is 12.9. The monoisotopic (exact) mass is 357 g/mol. The number of benzene rings is 2. The summed E-state index contributed by atoms with van der Waals surface area (Å²) in [7, 11) is -4.17. The number of aromatic nitrogens is 2. The highest BCUT2D eigenvalue weighted by molar-refractivity contribution is 7.93. The normalized spacial score (nSPS) is 12.5. The van der Waals surface area contributed by atoms with Crippen molar-refractivity contribution in [3.8, 4) is 0 Å². The van der Waals surface area contributed by atoms with Gasteiger partial charge in [-0.3, -0.25) is 4.72 Å². The second-order valence-corrected chi connectivity index (χ2v) is 6.62. The van der Waals surface area contributed by atoms with Crippen LogP contribution in [0, 0.1) is 6.92 Å². The molecule has 0 aliphatic carbocycles. The average Bonchev–Trinajstić information content (AvgIpc) is 2.96. The van der Waals surface area contributed by atoms with Gasteiger partial charge < -0.3 is 0 Å². The van der Waals surface area contributed by atoms with Gasteiger partial charge in [0.25, 0.3) is 10.0 Å². The summed E-state index contributed by atoms with van der Waals surface area (Å²) in [4.78, 5) is -0.238. The van der Waals surface area contributed by atoms with Gasteiger partial charge in [-0.15, -0.1) is 0 Å². The fourth-order valence-corrected chi connectivity index (χ4v) is 3.53. The average molecular weight is 357 g/mol. The molecule has 6 nitrogen and oxygen atoms in total. The number of alkyl halides is 3. The van der Waals surface area contributed by atoms with Gasteiger partial charge in [0.2, 0.25) is 0 Å². The number of halogens is 3. The van der Waals surface area contributed by atoms with E-state index in [-0.39, 0.29) is 27.2 Å². The first-order valence-corrected chi connectivity index (χ1v) is 8.09. The molecule has 126 valence electrons. The SMILES string of the molecule is Cc1c(NS(=O)(=O)c2cccc3nonc23)cccc1C(F)(F)F. The molecule has 1 aromatic heterocycles. The van der Waals surface area contributed by atoms with Crippen molar-refractivity contribution < 1.29 is 26.2 Å². The molecule has 0 fully saturated rings. The smallest absolute Gasteiger partial charge is 0.279 e. The number of fused-ring (bicyclic) bond motifs is 1. The Hall–Kier alpha value is -2.62. The molecule has 3 aromatic rings. The molecular weight excluding hydrogens is 347 g/mol. The van der Waals surface area contributed by atoms with Gasteiger partial charge in [0.1, 0.15) is 10.4 Å². The fraction of sp³-hybridized carbons (Fsp3) is 0.143. The van der Waals surface area contributed by atoms with Gasteiger partial charge in [0.05, 0.1) is 11.3 Å². The number of sulfonamides is 1. The van der Waals surface area contributed by atoms with Crippen molar-refractivity contribution >= 4 is 26.7 Å². The lowest BCUT2D eigenvalue weighted by Gasteiger charge is -2.15. The molecule has 10 heteroatoms. The Morgan fingerprint density at radius 3 is 2.50 bits per heavy atom. The van der Waals surface area contributed by atoms with Crippen molar-refractivity contribution in [2.45, 2.75) is 18.0 Å². The lowest BCUT2D eigenvalue weighted by Crippen LogP contribution is -2.16. The van der Waals surface area contributed by atoms with Crippen molar-refractivity contribution in [1.29, 1.82) is 0 Å². The first kappa shape index (κ1) is 16.2. The fourth-order valence-electron chi connectivity index (χ4n) is 2.25. The van der Waals surface area contributed by atoms with Gasteiger partial charge in [-0.1, -0.05) is 12.1 Å². The van der Waals surface area contributed by atoms with Crippen LogP contribution < -0.4 is 4.72 Å². The molecule has 1 N–H and O–H groups in total. The van der Waals surface area contributed by atoms with Crippen LogP contribution in [0.1, 0.15) is 11.1 Å². The molecule has 0 atom stereocenters. The van der Waals surface area contributed by atoms with Crippen LogP contribution in [0.4, 0.5) is 18.9 Å². The molecule has 0 aliphatic heterocycles. The minimum Gasteiger partial charge on any atom is -0.279 e. The van der Waals surface area contributed by atoms with Crippen molar-refractivity contribution in [1.82, 2.24) is 10.3 Å². The minimum atomic E-state index is -4.58. The number of nitrogens with one attached hydrogen (secondary N) is 1. The Balaban J connectivity index is 2.07. The lowest BCUT2D eigenvalue weighted by atomic mass is 10.1. The van der Waals surface area contributed by atoms with Crippen LogP contribution in [-0.2, 0) is 16.2 Å². The topological polar surface area (TPSA) is 85.1 Å². The van der Waals surface area contributed by atoms with Crippen LogP contribution >= 0.6 is 0 Å². The summed E-state index contributed by atoms with van der Waals surface area (Å²) >= 11 is 0.